The van der Waals surface area contributed by atoms with Crippen LogP contribution in [-0.2, 0) is 9.84 Å². The Morgan fingerprint density at radius 2 is 2.00 bits per heavy atom. The van der Waals surface area contributed by atoms with Crippen LogP contribution in [0.3, 0.4) is 0 Å². The van der Waals surface area contributed by atoms with Crippen LogP contribution >= 0.6 is 15.9 Å². The molecule has 0 aromatic heterocycles. The topological polar surface area (TPSA) is 49.4 Å². The second kappa shape index (κ2) is 7.11. The Bertz CT molecular complexity index is 575. The van der Waals surface area contributed by atoms with E-state index in [1.807, 2.05) is 6.07 Å². The number of nitrogens with zero attached hydrogens (tertiary/aromatic N) is 1. The number of halogens is 1. The maximum Gasteiger partial charge on any atom is 0.153 e. The average molecular weight is 375 g/mol. The molecule has 118 valence electrons. The van der Waals surface area contributed by atoms with Crippen LogP contribution in [0.2, 0.25) is 0 Å². The Kier molecular flexibility index (Phi) is 5.68. The van der Waals surface area contributed by atoms with Gasteiger partial charge in [0.05, 0.1) is 11.5 Å². The number of anilines is 1. The Hall–Kier alpha value is -0.590. The molecule has 1 aromatic rings. The summed E-state index contributed by atoms with van der Waals surface area (Å²) in [4.78, 5) is 2.19. The molecule has 21 heavy (non-hydrogen) atoms. The summed E-state index contributed by atoms with van der Waals surface area (Å²) in [6.45, 7) is 6.44. The molecular weight excluding hydrogens is 352 g/mol. The minimum absolute atomic E-state index is 0.246. The van der Waals surface area contributed by atoms with Crippen molar-refractivity contribution in [2.75, 3.05) is 36.0 Å². The average Bonchev–Trinajstić information content (AvgIpc) is 2.45. The Morgan fingerprint density at radius 3 is 2.62 bits per heavy atom. The van der Waals surface area contributed by atoms with Crippen LogP contribution in [0.1, 0.15) is 31.9 Å². The monoisotopic (exact) mass is 374 g/mol. The molecular formula is C15H23BrN2O2S. The predicted octanol–water partition coefficient (Wildman–Crippen LogP) is 2.74. The highest BCUT2D eigenvalue weighted by Gasteiger charge is 2.24. The minimum atomic E-state index is -2.85. The van der Waals surface area contributed by atoms with E-state index in [-0.39, 0.29) is 17.5 Å². The van der Waals surface area contributed by atoms with Crippen molar-refractivity contribution in [3.63, 3.8) is 0 Å². The van der Waals surface area contributed by atoms with Gasteiger partial charge in [0.25, 0.3) is 0 Å². The number of hydrogen-bond donors (Lipinski definition) is 1. The molecule has 0 radical (unpaired) electrons. The van der Waals surface area contributed by atoms with Crippen molar-refractivity contribution < 1.29 is 8.42 Å². The van der Waals surface area contributed by atoms with Crippen molar-refractivity contribution in [1.82, 2.24) is 5.32 Å². The van der Waals surface area contributed by atoms with E-state index in [4.69, 9.17) is 0 Å². The predicted molar refractivity (Wildman–Crippen MR) is 91.7 cm³/mol. The van der Waals surface area contributed by atoms with Crippen molar-refractivity contribution >= 4 is 31.5 Å². The van der Waals surface area contributed by atoms with Gasteiger partial charge in [-0.15, -0.1) is 0 Å². The van der Waals surface area contributed by atoms with Crippen LogP contribution in [-0.4, -0.2) is 39.6 Å². The Morgan fingerprint density at radius 1 is 1.33 bits per heavy atom. The third-order valence-corrected chi connectivity index (χ3v) is 5.94. The van der Waals surface area contributed by atoms with Gasteiger partial charge in [-0.1, -0.05) is 22.9 Å². The van der Waals surface area contributed by atoms with Gasteiger partial charge in [-0.05, 0) is 43.7 Å². The van der Waals surface area contributed by atoms with Crippen LogP contribution in [0, 0.1) is 0 Å². The third kappa shape index (κ3) is 4.44. The normalized spacial score (nSPS) is 19.5. The fraction of sp³-hybridized carbons (Fsp3) is 0.600. The van der Waals surface area contributed by atoms with E-state index in [1.54, 1.807) is 0 Å². The van der Waals surface area contributed by atoms with Crippen molar-refractivity contribution in [2.45, 2.75) is 26.3 Å². The quantitative estimate of drug-likeness (QED) is 0.860. The van der Waals surface area contributed by atoms with Gasteiger partial charge in [-0.25, -0.2) is 8.42 Å². The summed E-state index contributed by atoms with van der Waals surface area (Å²) in [5.74, 6) is 0.499. The fourth-order valence-corrected chi connectivity index (χ4v) is 4.16. The molecule has 1 atom stereocenters. The second-order valence-corrected chi connectivity index (χ2v) is 8.74. The van der Waals surface area contributed by atoms with Crippen molar-refractivity contribution in [3.05, 3.63) is 28.2 Å². The number of rotatable bonds is 5. The van der Waals surface area contributed by atoms with E-state index in [2.05, 4.69) is 52.1 Å². The third-order valence-electron chi connectivity index (χ3n) is 3.84. The molecule has 1 aliphatic heterocycles. The zero-order valence-corrected chi connectivity index (χ0v) is 15.0. The molecule has 4 nitrogen and oxygen atoms in total. The zero-order chi connectivity index (χ0) is 15.5. The summed E-state index contributed by atoms with van der Waals surface area (Å²) in [7, 11) is -2.85. The first-order valence-corrected chi connectivity index (χ1v) is 10.0. The van der Waals surface area contributed by atoms with Crippen molar-refractivity contribution in [2.24, 2.45) is 0 Å². The van der Waals surface area contributed by atoms with Gasteiger partial charge in [0, 0.05) is 29.3 Å². The van der Waals surface area contributed by atoms with E-state index < -0.39 is 9.84 Å². The first-order chi connectivity index (χ1) is 9.93. The largest absolute Gasteiger partial charge is 0.369 e. The molecule has 2 rings (SSSR count). The van der Waals surface area contributed by atoms with Gasteiger partial charge in [0.1, 0.15) is 0 Å². The first-order valence-electron chi connectivity index (χ1n) is 7.41. The number of benzene rings is 1. The SMILES string of the molecule is CCCNC(C)c1cc(Br)ccc1N1CCS(=O)(=O)CC1. The van der Waals surface area contributed by atoms with Crippen LogP contribution in [0.15, 0.2) is 22.7 Å². The molecule has 1 unspecified atom stereocenters. The molecule has 1 N–H and O–H groups in total. The zero-order valence-electron chi connectivity index (χ0n) is 12.6. The fourth-order valence-electron chi connectivity index (χ4n) is 2.58. The smallest absolute Gasteiger partial charge is 0.153 e. The van der Waals surface area contributed by atoms with Gasteiger partial charge in [-0.3, -0.25) is 0 Å². The van der Waals surface area contributed by atoms with Gasteiger partial charge in [0.2, 0.25) is 0 Å². The maximum atomic E-state index is 11.6. The van der Waals surface area contributed by atoms with Gasteiger partial charge in [0.15, 0.2) is 9.84 Å². The summed E-state index contributed by atoms with van der Waals surface area (Å²) >= 11 is 3.53. The lowest BCUT2D eigenvalue weighted by molar-refractivity contribution is 0.567. The molecule has 0 saturated carbocycles. The Balaban J connectivity index is 2.23. The second-order valence-electron chi connectivity index (χ2n) is 5.52. The molecule has 0 spiro atoms. The molecule has 1 aromatic carbocycles. The van der Waals surface area contributed by atoms with Gasteiger partial charge in [-0.2, -0.15) is 0 Å². The minimum Gasteiger partial charge on any atom is -0.369 e. The van der Waals surface area contributed by atoms with Crippen LogP contribution in [0.4, 0.5) is 5.69 Å². The summed E-state index contributed by atoms with van der Waals surface area (Å²) < 4.78 is 24.2. The highest BCUT2D eigenvalue weighted by atomic mass is 79.9. The molecule has 1 heterocycles. The van der Waals surface area contributed by atoms with E-state index in [0.29, 0.717) is 13.1 Å². The number of hydrogen-bond acceptors (Lipinski definition) is 4. The lowest BCUT2D eigenvalue weighted by Crippen LogP contribution is -2.41. The van der Waals surface area contributed by atoms with Crippen LogP contribution in [0.25, 0.3) is 0 Å². The molecule has 0 bridgehead atoms. The standard InChI is InChI=1S/C15H23BrN2O2S/c1-3-6-17-12(2)14-11-13(16)4-5-15(14)18-7-9-21(19,20)10-8-18/h4-5,11-12,17H,3,6-10H2,1-2H3. The molecule has 0 aliphatic carbocycles. The maximum absolute atomic E-state index is 11.6. The van der Waals surface area contributed by atoms with Crippen molar-refractivity contribution in [3.8, 4) is 0 Å². The van der Waals surface area contributed by atoms with E-state index in [0.717, 1.165) is 23.1 Å². The Labute approximate surface area is 136 Å². The van der Waals surface area contributed by atoms with Crippen molar-refractivity contribution in [1.29, 1.82) is 0 Å². The molecule has 1 aliphatic rings. The lowest BCUT2D eigenvalue weighted by Gasteiger charge is -2.32. The molecule has 1 saturated heterocycles. The van der Waals surface area contributed by atoms with E-state index in [1.165, 1.54) is 5.56 Å². The van der Waals surface area contributed by atoms with Gasteiger partial charge < -0.3 is 10.2 Å². The summed E-state index contributed by atoms with van der Waals surface area (Å²) in [5, 5.41) is 3.51. The van der Waals surface area contributed by atoms with Crippen LogP contribution in [0.5, 0.6) is 0 Å². The molecule has 0 amide bonds. The van der Waals surface area contributed by atoms with E-state index >= 15 is 0 Å². The summed E-state index contributed by atoms with van der Waals surface area (Å²) in [6, 6.07) is 6.48. The number of nitrogens with one attached hydrogen (secondary N) is 1. The highest BCUT2D eigenvalue weighted by molar-refractivity contribution is 9.10. The summed E-state index contributed by atoms with van der Waals surface area (Å²) in [6.07, 6.45) is 1.09. The molecule has 1 fully saturated rings. The van der Waals surface area contributed by atoms with Crippen LogP contribution < -0.4 is 10.2 Å². The van der Waals surface area contributed by atoms with E-state index in [9.17, 15) is 8.42 Å². The lowest BCUT2D eigenvalue weighted by atomic mass is 10.0. The van der Waals surface area contributed by atoms with Gasteiger partial charge >= 0.3 is 0 Å². The molecule has 6 heteroatoms. The first kappa shape index (κ1) is 16.8. The number of sulfone groups is 1. The summed E-state index contributed by atoms with van der Waals surface area (Å²) in [5.41, 5.74) is 2.36. The highest BCUT2D eigenvalue weighted by Crippen LogP contribution is 2.30.